The van der Waals surface area contributed by atoms with Gasteiger partial charge in [-0.15, -0.1) is 11.8 Å². The number of para-hydroxylation sites is 2. The highest BCUT2D eigenvalue weighted by molar-refractivity contribution is 7.99. The average molecular weight is 323 g/mol. The van der Waals surface area contributed by atoms with Crippen molar-refractivity contribution in [2.75, 3.05) is 23.3 Å². The van der Waals surface area contributed by atoms with E-state index in [9.17, 15) is 8.42 Å². The van der Waals surface area contributed by atoms with Crippen molar-refractivity contribution in [3.8, 4) is 5.75 Å². The molecule has 0 unspecified atom stereocenters. The zero-order valence-electron chi connectivity index (χ0n) is 11.7. The summed E-state index contributed by atoms with van der Waals surface area (Å²) in [4.78, 5) is 0.894. The van der Waals surface area contributed by atoms with Crippen LogP contribution in [0.15, 0.2) is 59.5 Å². The van der Waals surface area contributed by atoms with Gasteiger partial charge in [0.05, 0.1) is 5.69 Å². The Morgan fingerprint density at radius 2 is 1.71 bits per heavy atom. The molecule has 2 rings (SSSR count). The first-order chi connectivity index (χ1) is 10.1. The Kier molecular flexibility index (Phi) is 5.52. The smallest absolute Gasteiger partial charge is 0.236 e. The Labute approximate surface area is 129 Å². The van der Waals surface area contributed by atoms with Crippen molar-refractivity contribution in [1.82, 2.24) is 0 Å². The van der Waals surface area contributed by atoms with Crippen LogP contribution in [0.5, 0.6) is 5.75 Å². The summed E-state index contributed by atoms with van der Waals surface area (Å²) in [6, 6.07) is 16.5. The lowest BCUT2D eigenvalue weighted by molar-refractivity contribution is 0.341. The summed E-state index contributed by atoms with van der Waals surface area (Å²) in [7, 11) is -3.43. The van der Waals surface area contributed by atoms with Gasteiger partial charge in [0.25, 0.3) is 0 Å². The number of nitrogens with one attached hydrogen (secondary N) is 1. The molecule has 6 heteroatoms. The van der Waals surface area contributed by atoms with Crippen LogP contribution in [-0.2, 0) is 10.0 Å². The Morgan fingerprint density at radius 3 is 2.43 bits per heavy atom. The third-order valence-electron chi connectivity index (χ3n) is 2.74. The largest absolute Gasteiger partial charge is 0.492 e. The molecule has 2 aromatic rings. The number of sulfonamides is 1. The summed E-state index contributed by atoms with van der Waals surface area (Å²) in [6.45, 7) is 0.112. The summed E-state index contributed by atoms with van der Waals surface area (Å²) in [5, 5.41) is 0. The van der Waals surface area contributed by atoms with Crippen LogP contribution < -0.4 is 9.46 Å². The van der Waals surface area contributed by atoms with Crippen molar-refractivity contribution in [2.45, 2.75) is 4.90 Å². The summed E-state index contributed by atoms with van der Waals surface area (Å²) in [5.74, 6) is 0.571. The van der Waals surface area contributed by atoms with Crippen LogP contribution in [0.2, 0.25) is 0 Å². The molecule has 0 amide bonds. The second-order valence-electron chi connectivity index (χ2n) is 4.28. The van der Waals surface area contributed by atoms with Gasteiger partial charge in [0.15, 0.2) is 0 Å². The lowest BCUT2D eigenvalue weighted by Gasteiger charge is -2.11. The normalized spacial score (nSPS) is 11.1. The number of ether oxygens (including phenoxy) is 1. The first-order valence-corrected chi connectivity index (χ1v) is 9.30. The third kappa shape index (κ3) is 4.99. The molecule has 0 bridgehead atoms. The van der Waals surface area contributed by atoms with Crippen LogP contribution >= 0.6 is 11.8 Å². The SMILES string of the molecule is CSc1ccccc1NS(=O)(=O)CCOc1ccccc1. The standard InChI is InChI=1S/C15H17NO3S2/c1-20-15-10-6-5-9-14(15)16-21(17,18)12-11-19-13-7-3-2-4-8-13/h2-10,16H,11-12H2,1H3. The van der Waals surface area contributed by atoms with Crippen molar-refractivity contribution < 1.29 is 13.2 Å². The molecule has 2 aromatic carbocycles. The Hall–Kier alpha value is -1.66. The maximum absolute atomic E-state index is 12.1. The van der Waals surface area contributed by atoms with E-state index in [0.717, 1.165) is 4.90 Å². The number of thioether (sulfide) groups is 1. The third-order valence-corrected chi connectivity index (χ3v) is 4.77. The molecule has 0 aliphatic carbocycles. The summed E-state index contributed by atoms with van der Waals surface area (Å²) >= 11 is 1.50. The van der Waals surface area contributed by atoms with Crippen LogP contribution in [0.1, 0.15) is 0 Å². The lowest BCUT2D eigenvalue weighted by atomic mass is 10.3. The molecule has 1 N–H and O–H groups in total. The Bertz CT molecular complexity index is 672. The van der Waals surface area contributed by atoms with Crippen molar-refractivity contribution in [2.24, 2.45) is 0 Å². The van der Waals surface area contributed by atoms with E-state index in [1.807, 2.05) is 36.6 Å². The van der Waals surface area contributed by atoms with Crippen molar-refractivity contribution in [1.29, 1.82) is 0 Å². The van der Waals surface area contributed by atoms with Crippen LogP contribution in [-0.4, -0.2) is 27.0 Å². The van der Waals surface area contributed by atoms with Crippen molar-refractivity contribution in [3.63, 3.8) is 0 Å². The molecule has 0 atom stereocenters. The molecule has 0 heterocycles. The first-order valence-electron chi connectivity index (χ1n) is 6.42. The molecule has 0 aromatic heterocycles. The summed E-state index contributed by atoms with van der Waals surface area (Å²) in [5.41, 5.74) is 0.602. The summed E-state index contributed by atoms with van der Waals surface area (Å²) in [6.07, 6.45) is 1.91. The molecule has 0 saturated heterocycles. The maximum Gasteiger partial charge on any atom is 0.236 e. The molecule has 21 heavy (non-hydrogen) atoms. The molecular formula is C15H17NO3S2. The second-order valence-corrected chi connectivity index (χ2v) is 6.97. The van der Waals surface area contributed by atoms with Gasteiger partial charge >= 0.3 is 0 Å². The number of hydrogen-bond donors (Lipinski definition) is 1. The second kappa shape index (κ2) is 7.38. The van der Waals surface area contributed by atoms with Gasteiger partial charge in [-0.25, -0.2) is 8.42 Å². The van der Waals surface area contributed by atoms with E-state index in [4.69, 9.17) is 4.74 Å². The fraction of sp³-hybridized carbons (Fsp3) is 0.200. The highest BCUT2D eigenvalue weighted by atomic mass is 32.2. The van der Waals surface area contributed by atoms with Crippen LogP contribution in [0.3, 0.4) is 0 Å². The predicted molar refractivity (Wildman–Crippen MR) is 87.6 cm³/mol. The molecule has 0 fully saturated rings. The topological polar surface area (TPSA) is 55.4 Å². The number of anilines is 1. The highest BCUT2D eigenvalue weighted by Crippen LogP contribution is 2.25. The van der Waals surface area contributed by atoms with Gasteiger partial charge in [0.1, 0.15) is 18.1 Å². The van der Waals surface area contributed by atoms with Gasteiger partial charge in [-0.3, -0.25) is 4.72 Å². The quantitative estimate of drug-likeness (QED) is 0.795. The van der Waals surface area contributed by atoms with Gasteiger partial charge < -0.3 is 4.74 Å². The molecule has 0 aliphatic heterocycles. The van der Waals surface area contributed by atoms with Crippen molar-refractivity contribution >= 4 is 27.5 Å². The zero-order valence-corrected chi connectivity index (χ0v) is 13.3. The number of benzene rings is 2. The van der Waals surface area contributed by atoms with E-state index in [1.54, 1.807) is 24.3 Å². The zero-order chi connectivity index (χ0) is 15.1. The highest BCUT2D eigenvalue weighted by Gasteiger charge is 2.12. The molecule has 0 spiro atoms. The molecule has 0 aliphatic rings. The van der Waals surface area contributed by atoms with E-state index < -0.39 is 10.0 Å². The molecular weight excluding hydrogens is 306 g/mol. The van der Waals surface area contributed by atoms with Gasteiger partial charge in [-0.1, -0.05) is 30.3 Å². The monoisotopic (exact) mass is 323 g/mol. The fourth-order valence-corrected chi connectivity index (χ4v) is 3.27. The minimum Gasteiger partial charge on any atom is -0.492 e. The molecule has 0 saturated carbocycles. The van der Waals surface area contributed by atoms with Crippen LogP contribution in [0, 0.1) is 0 Å². The van der Waals surface area contributed by atoms with E-state index in [-0.39, 0.29) is 12.4 Å². The molecule has 4 nitrogen and oxygen atoms in total. The minimum atomic E-state index is -3.43. The first kappa shape index (κ1) is 15.7. The average Bonchev–Trinajstić information content (AvgIpc) is 2.48. The van der Waals surface area contributed by atoms with Crippen LogP contribution in [0.25, 0.3) is 0 Å². The Morgan fingerprint density at radius 1 is 1.05 bits per heavy atom. The number of rotatable bonds is 7. The molecule has 0 radical (unpaired) electrons. The van der Waals surface area contributed by atoms with Gasteiger partial charge in [-0.2, -0.15) is 0 Å². The van der Waals surface area contributed by atoms with E-state index >= 15 is 0 Å². The van der Waals surface area contributed by atoms with E-state index in [0.29, 0.717) is 11.4 Å². The van der Waals surface area contributed by atoms with Gasteiger partial charge in [-0.05, 0) is 30.5 Å². The van der Waals surface area contributed by atoms with Gasteiger partial charge in [0, 0.05) is 4.90 Å². The minimum absolute atomic E-state index is 0.0926. The summed E-state index contributed by atoms with van der Waals surface area (Å²) < 4.78 is 32.1. The lowest BCUT2D eigenvalue weighted by Crippen LogP contribution is -2.21. The van der Waals surface area contributed by atoms with Crippen LogP contribution in [0.4, 0.5) is 5.69 Å². The number of hydrogen-bond acceptors (Lipinski definition) is 4. The van der Waals surface area contributed by atoms with Gasteiger partial charge in [0.2, 0.25) is 10.0 Å². The van der Waals surface area contributed by atoms with E-state index in [2.05, 4.69) is 4.72 Å². The van der Waals surface area contributed by atoms with E-state index in [1.165, 1.54) is 11.8 Å². The molecule has 112 valence electrons. The fourth-order valence-electron chi connectivity index (χ4n) is 1.73. The Balaban J connectivity index is 1.93. The predicted octanol–water partition coefficient (Wildman–Crippen LogP) is 3.23. The maximum atomic E-state index is 12.1. The van der Waals surface area contributed by atoms with Crippen molar-refractivity contribution in [3.05, 3.63) is 54.6 Å².